The standard InChI is InChI=1S/C6H7O7.Au/c7-3(8)1-2(5(10)11)4(9)6(12)13;/h1-2,4,9H,(H,7,8)(H,10,11)(H,12,13);/q-1;+1. The van der Waals surface area contributed by atoms with Crippen LogP contribution < -0.4 is 0 Å². The van der Waals surface area contributed by atoms with Gasteiger partial charge in [-0.05, 0) is 5.92 Å². The smallest absolute Gasteiger partial charge is 0.503 e. The Bertz CT molecular complexity index is 238. The number of aliphatic hydroxyl groups is 1. The van der Waals surface area contributed by atoms with Gasteiger partial charge in [0.1, 0.15) is 6.10 Å². The van der Waals surface area contributed by atoms with E-state index in [9.17, 15) is 14.4 Å². The van der Waals surface area contributed by atoms with Crippen LogP contribution in [0.3, 0.4) is 0 Å². The molecule has 0 rings (SSSR count). The molecule has 84 valence electrons. The van der Waals surface area contributed by atoms with Crippen LogP contribution in [0.25, 0.3) is 0 Å². The van der Waals surface area contributed by atoms with Gasteiger partial charge in [-0.25, -0.2) is 4.79 Å². The third-order valence-electron chi connectivity index (χ3n) is 1.20. The van der Waals surface area contributed by atoms with Crippen LogP contribution in [-0.4, -0.2) is 44.4 Å². The van der Waals surface area contributed by atoms with Crippen LogP contribution in [0, 0.1) is 12.3 Å². The van der Waals surface area contributed by atoms with Crippen LogP contribution in [0.1, 0.15) is 0 Å². The van der Waals surface area contributed by atoms with Crippen molar-refractivity contribution in [2.45, 2.75) is 6.10 Å². The predicted octanol–water partition coefficient (Wildman–Crippen LogP) is -1.58. The molecule has 0 amide bonds. The summed E-state index contributed by atoms with van der Waals surface area (Å²) in [5.41, 5.74) is 0. The molecule has 0 saturated heterocycles. The van der Waals surface area contributed by atoms with Crippen LogP contribution in [0.4, 0.5) is 0 Å². The van der Waals surface area contributed by atoms with Crippen LogP contribution in [-0.2, 0) is 36.8 Å². The van der Waals surface area contributed by atoms with Gasteiger partial charge in [0.15, 0.2) is 5.97 Å². The Morgan fingerprint density at radius 3 is 1.64 bits per heavy atom. The van der Waals surface area contributed by atoms with Crippen molar-refractivity contribution in [2.24, 2.45) is 5.92 Å². The molecule has 2 atom stereocenters. The SMILES string of the molecule is O=C(O)[CH-]C(C(=O)O)C(O)C(=O)O.[Au+]. The van der Waals surface area contributed by atoms with E-state index in [-0.39, 0.29) is 28.8 Å². The topological polar surface area (TPSA) is 132 Å². The van der Waals surface area contributed by atoms with Crippen molar-refractivity contribution in [1.29, 1.82) is 0 Å². The maximum absolute atomic E-state index is 10.3. The average Bonchev–Trinajstić information content (AvgIpc) is 1.97. The summed E-state index contributed by atoms with van der Waals surface area (Å²) in [5.74, 6) is -7.05. The largest absolute Gasteiger partial charge is 1.00 e. The summed E-state index contributed by atoms with van der Waals surface area (Å²) in [6, 6.07) is 0. The number of hydrogen-bond donors (Lipinski definition) is 4. The predicted molar refractivity (Wildman–Crippen MR) is 36.7 cm³/mol. The molecule has 0 aliphatic heterocycles. The number of carboxylic acid groups (broad SMARTS) is 3. The second-order valence-corrected chi connectivity index (χ2v) is 2.15. The zero-order valence-electron chi connectivity index (χ0n) is 6.55. The quantitative estimate of drug-likeness (QED) is 0.330. The zero-order valence-corrected chi connectivity index (χ0v) is 8.71. The van der Waals surface area contributed by atoms with Crippen molar-refractivity contribution in [1.82, 2.24) is 0 Å². The van der Waals surface area contributed by atoms with Crippen molar-refractivity contribution >= 4 is 17.9 Å². The monoisotopic (exact) mass is 388 g/mol. The molecule has 4 N–H and O–H groups in total. The van der Waals surface area contributed by atoms with Crippen molar-refractivity contribution in [3.8, 4) is 0 Å². The maximum atomic E-state index is 10.3. The Balaban J connectivity index is 0. The summed E-state index contributed by atoms with van der Waals surface area (Å²) < 4.78 is 0. The van der Waals surface area contributed by atoms with Crippen molar-refractivity contribution in [2.75, 3.05) is 0 Å². The third-order valence-corrected chi connectivity index (χ3v) is 1.20. The average molecular weight is 388 g/mol. The molecule has 0 aliphatic carbocycles. The van der Waals surface area contributed by atoms with E-state index in [0.717, 1.165) is 0 Å². The van der Waals surface area contributed by atoms with Gasteiger partial charge in [-0.1, -0.05) is 0 Å². The Morgan fingerprint density at radius 1 is 1.00 bits per heavy atom. The molecule has 7 nitrogen and oxygen atoms in total. The fraction of sp³-hybridized carbons (Fsp3) is 0.333. The van der Waals surface area contributed by atoms with Crippen LogP contribution in [0.5, 0.6) is 0 Å². The molecule has 0 aromatic carbocycles. The molecule has 0 fully saturated rings. The number of rotatable bonds is 5. The van der Waals surface area contributed by atoms with Gasteiger partial charge in [0, 0.05) is 0 Å². The van der Waals surface area contributed by atoms with E-state index in [1.165, 1.54) is 0 Å². The van der Waals surface area contributed by atoms with E-state index in [1.54, 1.807) is 0 Å². The normalized spacial score (nSPS) is 13.2. The van der Waals surface area contributed by atoms with Gasteiger partial charge in [0.25, 0.3) is 5.97 Å². The molecular weight excluding hydrogens is 381 g/mol. The first-order valence-corrected chi connectivity index (χ1v) is 3.07. The van der Waals surface area contributed by atoms with E-state index in [4.69, 9.17) is 20.4 Å². The third kappa shape index (κ3) is 4.87. The number of carboxylic acids is 3. The number of aliphatic carboxylic acids is 3. The van der Waals surface area contributed by atoms with E-state index in [1.807, 2.05) is 0 Å². The zero-order chi connectivity index (χ0) is 10.6. The first-order valence-electron chi connectivity index (χ1n) is 3.07. The molecule has 0 saturated carbocycles. The maximum Gasteiger partial charge on any atom is 1.00 e. The summed E-state index contributed by atoms with van der Waals surface area (Å²) in [7, 11) is 0. The summed E-state index contributed by atoms with van der Waals surface area (Å²) in [6.07, 6.45) is -2.05. The summed E-state index contributed by atoms with van der Waals surface area (Å²) in [6.45, 7) is 0. The molecule has 0 spiro atoms. The van der Waals surface area contributed by atoms with Crippen molar-refractivity contribution in [3.63, 3.8) is 0 Å². The minimum absolute atomic E-state index is 0. The molecule has 0 heterocycles. The van der Waals surface area contributed by atoms with Gasteiger partial charge in [0.05, 0.1) is 0 Å². The van der Waals surface area contributed by atoms with E-state index < -0.39 is 29.9 Å². The molecule has 0 aromatic rings. The van der Waals surface area contributed by atoms with Crippen LogP contribution in [0.2, 0.25) is 0 Å². The molecule has 0 aliphatic rings. The van der Waals surface area contributed by atoms with E-state index in [2.05, 4.69) is 0 Å². The van der Waals surface area contributed by atoms with Gasteiger partial charge < -0.3 is 20.4 Å². The van der Waals surface area contributed by atoms with Gasteiger partial charge in [0.2, 0.25) is 0 Å². The summed E-state index contributed by atoms with van der Waals surface area (Å²) in [5, 5.41) is 33.4. The minimum Gasteiger partial charge on any atom is -0.503 e. The Morgan fingerprint density at radius 2 is 1.43 bits per heavy atom. The van der Waals surface area contributed by atoms with Crippen LogP contribution in [0.15, 0.2) is 0 Å². The van der Waals surface area contributed by atoms with Gasteiger partial charge in [-0.2, -0.15) is 0 Å². The Hall–Kier alpha value is -1.02. The first kappa shape index (κ1) is 15.5. The molecule has 0 bridgehead atoms. The number of carbonyl (C=O) groups is 3. The van der Waals surface area contributed by atoms with Gasteiger partial charge >= 0.3 is 28.3 Å². The van der Waals surface area contributed by atoms with Crippen molar-refractivity contribution in [3.05, 3.63) is 6.42 Å². The van der Waals surface area contributed by atoms with Gasteiger partial charge in [-0.3, -0.25) is 16.0 Å². The molecule has 14 heavy (non-hydrogen) atoms. The Kier molecular flexibility index (Phi) is 7.10. The fourth-order valence-corrected chi connectivity index (χ4v) is 0.605. The van der Waals surface area contributed by atoms with E-state index >= 15 is 0 Å². The number of hydrogen-bond acceptors (Lipinski definition) is 4. The first-order chi connectivity index (χ1) is 5.86. The number of aliphatic hydroxyl groups excluding tert-OH is 1. The molecular formula is C6H7AuO7. The molecule has 2 unspecified atom stereocenters. The summed E-state index contributed by atoms with van der Waals surface area (Å²) in [4.78, 5) is 30.4. The molecule has 0 radical (unpaired) electrons. The second-order valence-electron chi connectivity index (χ2n) is 2.15. The molecule has 8 heteroatoms. The summed E-state index contributed by atoms with van der Waals surface area (Å²) >= 11 is 0. The van der Waals surface area contributed by atoms with Gasteiger partial charge in [-0.15, -0.1) is 0 Å². The van der Waals surface area contributed by atoms with Crippen molar-refractivity contribution < 1.29 is 57.2 Å². The van der Waals surface area contributed by atoms with E-state index in [0.29, 0.717) is 0 Å². The fourth-order valence-electron chi connectivity index (χ4n) is 0.605. The minimum atomic E-state index is -2.26. The van der Waals surface area contributed by atoms with Crippen LogP contribution >= 0.6 is 0 Å². The Labute approximate surface area is 93.9 Å². The second kappa shape index (κ2) is 6.44. The molecule has 0 aromatic heterocycles.